The zero-order valence-corrected chi connectivity index (χ0v) is 9.85. The summed E-state index contributed by atoms with van der Waals surface area (Å²) in [5.74, 6) is 0.605. The highest BCUT2D eigenvalue weighted by molar-refractivity contribution is 7.07. The van der Waals surface area contributed by atoms with Crippen LogP contribution in [-0.4, -0.2) is 32.8 Å². The molecule has 2 rings (SSSR count). The molecule has 0 bridgehead atoms. The van der Waals surface area contributed by atoms with Gasteiger partial charge in [0, 0.05) is 25.0 Å². The van der Waals surface area contributed by atoms with Crippen LogP contribution in [0.1, 0.15) is 5.56 Å². The Morgan fingerprint density at radius 3 is 3.20 bits per heavy atom. The van der Waals surface area contributed by atoms with E-state index in [9.17, 15) is 0 Å². The SMILES string of the molecule is CNC1COCC1CNCc1ccsc1. The number of ether oxygens (including phenoxy) is 1. The van der Waals surface area contributed by atoms with Gasteiger partial charge in [-0.05, 0) is 29.4 Å². The Kier molecular flexibility index (Phi) is 4.14. The molecule has 1 saturated heterocycles. The molecule has 0 aromatic carbocycles. The Bertz CT molecular complexity index is 276. The van der Waals surface area contributed by atoms with Gasteiger partial charge in [-0.2, -0.15) is 11.3 Å². The molecule has 4 heteroatoms. The van der Waals surface area contributed by atoms with Gasteiger partial charge in [0.1, 0.15) is 0 Å². The van der Waals surface area contributed by atoms with E-state index in [0.29, 0.717) is 12.0 Å². The summed E-state index contributed by atoms with van der Waals surface area (Å²) >= 11 is 1.75. The van der Waals surface area contributed by atoms with Crippen molar-refractivity contribution < 1.29 is 4.74 Å². The van der Waals surface area contributed by atoms with E-state index in [-0.39, 0.29) is 0 Å². The van der Waals surface area contributed by atoms with Crippen LogP contribution in [0.3, 0.4) is 0 Å². The van der Waals surface area contributed by atoms with Crippen molar-refractivity contribution >= 4 is 11.3 Å². The van der Waals surface area contributed by atoms with E-state index >= 15 is 0 Å². The summed E-state index contributed by atoms with van der Waals surface area (Å²) in [4.78, 5) is 0. The Hall–Kier alpha value is -0.420. The van der Waals surface area contributed by atoms with Crippen LogP contribution in [0.25, 0.3) is 0 Å². The second-order valence-corrected chi connectivity index (χ2v) is 4.74. The van der Waals surface area contributed by atoms with E-state index in [4.69, 9.17) is 4.74 Å². The number of hydrogen-bond donors (Lipinski definition) is 2. The fourth-order valence-electron chi connectivity index (χ4n) is 1.91. The normalized spacial score (nSPS) is 25.9. The topological polar surface area (TPSA) is 33.3 Å². The lowest BCUT2D eigenvalue weighted by atomic mass is 10.0. The average molecular weight is 226 g/mol. The number of nitrogens with one attached hydrogen (secondary N) is 2. The molecule has 0 radical (unpaired) electrons. The Morgan fingerprint density at radius 1 is 1.53 bits per heavy atom. The first-order valence-corrected chi connectivity index (χ1v) is 6.31. The molecule has 0 aliphatic carbocycles. The Balaban J connectivity index is 1.69. The molecule has 0 spiro atoms. The minimum absolute atomic E-state index is 0.514. The molecule has 84 valence electrons. The highest BCUT2D eigenvalue weighted by Crippen LogP contribution is 2.12. The van der Waals surface area contributed by atoms with E-state index in [1.165, 1.54) is 5.56 Å². The summed E-state index contributed by atoms with van der Waals surface area (Å²) in [5.41, 5.74) is 1.37. The van der Waals surface area contributed by atoms with Crippen LogP contribution in [0.5, 0.6) is 0 Å². The minimum atomic E-state index is 0.514. The van der Waals surface area contributed by atoms with Gasteiger partial charge < -0.3 is 15.4 Å². The van der Waals surface area contributed by atoms with Gasteiger partial charge in [0.25, 0.3) is 0 Å². The third-order valence-corrected chi connectivity index (χ3v) is 3.62. The van der Waals surface area contributed by atoms with Gasteiger partial charge in [0.05, 0.1) is 13.2 Å². The van der Waals surface area contributed by atoms with Gasteiger partial charge in [-0.3, -0.25) is 0 Å². The van der Waals surface area contributed by atoms with Crippen molar-refractivity contribution in [3.63, 3.8) is 0 Å². The number of rotatable bonds is 5. The second-order valence-electron chi connectivity index (χ2n) is 3.96. The summed E-state index contributed by atoms with van der Waals surface area (Å²) in [7, 11) is 2.01. The van der Waals surface area contributed by atoms with Gasteiger partial charge in [0.2, 0.25) is 0 Å². The van der Waals surface area contributed by atoms with Crippen molar-refractivity contribution in [1.29, 1.82) is 0 Å². The molecule has 2 unspecified atom stereocenters. The van der Waals surface area contributed by atoms with Crippen molar-refractivity contribution in [2.45, 2.75) is 12.6 Å². The van der Waals surface area contributed by atoms with Crippen LogP contribution < -0.4 is 10.6 Å². The van der Waals surface area contributed by atoms with Crippen molar-refractivity contribution in [1.82, 2.24) is 10.6 Å². The lowest BCUT2D eigenvalue weighted by Gasteiger charge is -2.16. The molecule has 2 N–H and O–H groups in total. The molecule has 1 fully saturated rings. The maximum absolute atomic E-state index is 5.45. The molecular weight excluding hydrogens is 208 g/mol. The lowest BCUT2D eigenvalue weighted by Crippen LogP contribution is -2.38. The lowest BCUT2D eigenvalue weighted by molar-refractivity contribution is 0.182. The van der Waals surface area contributed by atoms with Gasteiger partial charge in [-0.1, -0.05) is 0 Å². The predicted molar refractivity (Wildman–Crippen MR) is 63.2 cm³/mol. The third kappa shape index (κ3) is 3.01. The minimum Gasteiger partial charge on any atom is -0.379 e. The molecule has 1 aromatic heterocycles. The summed E-state index contributed by atoms with van der Waals surface area (Å²) in [5, 5.41) is 11.1. The highest BCUT2D eigenvalue weighted by atomic mass is 32.1. The van der Waals surface area contributed by atoms with Crippen LogP contribution in [0, 0.1) is 5.92 Å². The van der Waals surface area contributed by atoms with Crippen molar-refractivity contribution in [3.8, 4) is 0 Å². The highest BCUT2D eigenvalue weighted by Gasteiger charge is 2.25. The van der Waals surface area contributed by atoms with Gasteiger partial charge in [0.15, 0.2) is 0 Å². The van der Waals surface area contributed by atoms with Crippen molar-refractivity contribution in [3.05, 3.63) is 22.4 Å². The third-order valence-electron chi connectivity index (χ3n) is 2.88. The van der Waals surface area contributed by atoms with Gasteiger partial charge >= 0.3 is 0 Å². The number of likely N-dealkylation sites (N-methyl/N-ethyl adjacent to an activating group) is 1. The van der Waals surface area contributed by atoms with Crippen LogP contribution in [-0.2, 0) is 11.3 Å². The first kappa shape index (κ1) is 11.1. The van der Waals surface area contributed by atoms with Crippen LogP contribution in [0.2, 0.25) is 0 Å². The van der Waals surface area contributed by atoms with Crippen LogP contribution in [0.4, 0.5) is 0 Å². The quantitative estimate of drug-likeness (QED) is 0.788. The molecule has 1 aliphatic heterocycles. The average Bonchev–Trinajstić information content (AvgIpc) is 2.88. The fraction of sp³-hybridized carbons (Fsp3) is 0.636. The van der Waals surface area contributed by atoms with Gasteiger partial charge in [-0.15, -0.1) is 0 Å². The predicted octanol–water partition coefficient (Wildman–Crippen LogP) is 1.07. The largest absolute Gasteiger partial charge is 0.379 e. The molecule has 0 amide bonds. The molecule has 1 aliphatic rings. The first-order chi connectivity index (χ1) is 7.40. The van der Waals surface area contributed by atoms with Crippen molar-refractivity contribution in [2.24, 2.45) is 5.92 Å². The Labute approximate surface area is 94.8 Å². The van der Waals surface area contributed by atoms with E-state index < -0.39 is 0 Å². The smallest absolute Gasteiger partial charge is 0.0623 e. The van der Waals surface area contributed by atoms with Crippen molar-refractivity contribution in [2.75, 3.05) is 26.8 Å². The molecule has 3 nitrogen and oxygen atoms in total. The summed E-state index contributed by atoms with van der Waals surface area (Å²) < 4.78 is 5.45. The summed E-state index contributed by atoms with van der Waals surface area (Å²) in [6, 6.07) is 2.68. The van der Waals surface area contributed by atoms with E-state index in [0.717, 1.165) is 26.3 Å². The molecular formula is C11H18N2OS. The monoisotopic (exact) mass is 226 g/mol. The van der Waals surface area contributed by atoms with Crippen LogP contribution >= 0.6 is 11.3 Å². The van der Waals surface area contributed by atoms with E-state index in [2.05, 4.69) is 27.5 Å². The fourth-order valence-corrected chi connectivity index (χ4v) is 2.58. The summed E-state index contributed by atoms with van der Waals surface area (Å²) in [6.45, 7) is 3.72. The van der Waals surface area contributed by atoms with E-state index in [1.54, 1.807) is 11.3 Å². The standard InChI is InChI=1S/C11H18N2OS/c1-12-11-7-14-6-10(11)5-13-4-9-2-3-15-8-9/h2-3,8,10-13H,4-7H2,1H3. The second kappa shape index (κ2) is 5.61. The number of thiophene rings is 1. The molecule has 1 aromatic rings. The Morgan fingerprint density at radius 2 is 2.47 bits per heavy atom. The summed E-state index contributed by atoms with van der Waals surface area (Å²) in [6.07, 6.45) is 0. The molecule has 2 atom stereocenters. The maximum Gasteiger partial charge on any atom is 0.0623 e. The first-order valence-electron chi connectivity index (χ1n) is 5.37. The zero-order chi connectivity index (χ0) is 10.5. The van der Waals surface area contributed by atoms with Crippen LogP contribution in [0.15, 0.2) is 16.8 Å². The van der Waals surface area contributed by atoms with Gasteiger partial charge in [-0.25, -0.2) is 0 Å². The molecule has 0 saturated carbocycles. The maximum atomic E-state index is 5.45. The van der Waals surface area contributed by atoms with E-state index in [1.807, 2.05) is 7.05 Å². The molecule has 2 heterocycles. The zero-order valence-electron chi connectivity index (χ0n) is 9.03. The molecule has 15 heavy (non-hydrogen) atoms. The number of hydrogen-bond acceptors (Lipinski definition) is 4.